The zero-order valence-corrected chi connectivity index (χ0v) is 14.8. The van der Waals surface area contributed by atoms with Crippen LogP contribution in [0.1, 0.15) is 50.1 Å². The van der Waals surface area contributed by atoms with Crippen molar-refractivity contribution in [3.8, 4) is 0 Å². The lowest BCUT2D eigenvalue weighted by Gasteiger charge is -2.25. The molecule has 1 saturated carbocycles. The van der Waals surface area contributed by atoms with E-state index in [1.54, 1.807) is 0 Å². The number of likely N-dealkylation sites (tertiary alicyclic amines) is 1. The standard InChI is InChI=1S/C18H23BrN2O2/c19-15-9-7-13(8-10-15)16-3-2-12-21(16)17(22)4-1-11-20-18(23)14-5-6-14/h7-10,14,16H,1-6,11-12H2,(H,20,23). The lowest BCUT2D eigenvalue weighted by Crippen LogP contribution is -2.32. The first-order valence-corrected chi connectivity index (χ1v) is 9.27. The molecule has 124 valence electrons. The fourth-order valence-electron chi connectivity index (χ4n) is 3.18. The van der Waals surface area contributed by atoms with Crippen LogP contribution in [0, 0.1) is 5.92 Å². The average Bonchev–Trinajstić information content (AvgIpc) is 3.29. The van der Waals surface area contributed by atoms with Gasteiger partial charge in [0.2, 0.25) is 11.8 Å². The quantitative estimate of drug-likeness (QED) is 0.770. The van der Waals surface area contributed by atoms with Gasteiger partial charge in [-0.2, -0.15) is 0 Å². The summed E-state index contributed by atoms with van der Waals surface area (Å²) < 4.78 is 1.06. The van der Waals surface area contributed by atoms with Gasteiger partial charge in [-0.1, -0.05) is 28.1 Å². The number of amides is 2. The molecule has 2 aliphatic rings. The van der Waals surface area contributed by atoms with Crippen molar-refractivity contribution in [3.05, 3.63) is 34.3 Å². The smallest absolute Gasteiger partial charge is 0.223 e. The van der Waals surface area contributed by atoms with E-state index in [9.17, 15) is 9.59 Å². The Kier molecular flexibility index (Phi) is 5.36. The van der Waals surface area contributed by atoms with E-state index in [1.807, 2.05) is 17.0 Å². The van der Waals surface area contributed by atoms with Crippen molar-refractivity contribution in [3.63, 3.8) is 0 Å². The minimum Gasteiger partial charge on any atom is -0.356 e. The van der Waals surface area contributed by atoms with Gasteiger partial charge in [-0.3, -0.25) is 9.59 Å². The molecule has 2 fully saturated rings. The van der Waals surface area contributed by atoms with Crippen LogP contribution in [-0.2, 0) is 9.59 Å². The molecule has 1 atom stereocenters. The summed E-state index contributed by atoms with van der Waals surface area (Å²) in [6, 6.07) is 8.46. The lowest BCUT2D eigenvalue weighted by atomic mass is 10.0. The molecule has 0 bridgehead atoms. The number of carbonyl (C=O) groups excluding carboxylic acids is 2. The van der Waals surface area contributed by atoms with Gasteiger partial charge < -0.3 is 10.2 Å². The number of nitrogens with zero attached hydrogens (tertiary/aromatic N) is 1. The topological polar surface area (TPSA) is 49.4 Å². The van der Waals surface area contributed by atoms with E-state index in [4.69, 9.17) is 0 Å². The molecule has 1 unspecified atom stereocenters. The van der Waals surface area contributed by atoms with E-state index in [2.05, 4.69) is 33.4 Å². The first-order chi connectivity index (χ1) is 11.1. The Labute approximate surface area is 145 Å². The van der Waals surface area contributed by atoms with E-state index in [0.29, 0.717) is 13.0 Å². The Morgan fingerprint density at radius 1 is 1.17 bits per heavy atom. The molecule has 0 spiro atoms. The van der Waals surface area contributed by atoms with Crippen molar-refractivity contribution < 1.29 is 9.59 Å². The van der Waals surface area contributed by atoms with Crippen LogP contribution < -0.4 is 5.32 Å². The zero-order chi connectivity index (χ0) is 16.2. The molecule has 1 aromatic rings. The predicted molar refractivity (Wildman–Crippen MR) is 92.8 cm³/mol. The lowest BCUT2D eigenvalue weighted by molar-refractivity contribution is -0.132. The summed E-state index contributed by atoms with van der Waals surface area (Å²) in [5.41, 5.74) is 1.21. The van der Waals surface area contributed by atoms with Crippen LogP contribution in [0.3, 0.4) is 0 Å². The maximum absolute atomic E-state index is 12.5. The molecule has 0 aromatic heterocycles. The Bertz CT molecular complexity index is 569. The van der Waals surface area contributed by atoms with E-state index in [-0.39, 0.29) is 23.8 Å². The van der Waals surface area contributed by atoms with Gasteiger partial charge in [-0.15, -0.1) is 0 Å². The number of rotatable bonds is 6. The summed E-state index contributed by atoms with van der Waals surface area (Å²) >= 11 is 3.45. The SMILES string of the molecule is O=C(NCCCC(=O)N1CCCC1c1ccc(Br)cc1)C1CC1. The number of halogens is 1. The largest absolute Gasteiger partial charge is 0.356 e. The molecule has 1 aliphatic heterocycles. The summed E-state index contributed by atoms with van der Waals surface area (Å²) in [5.74, 6) is 0.605. The Hall–Kier alpha value is -1.36. The van der Waals surface area contributed by atoms with Gasteiger partial charge in [-0.05, 0) is 49.8 Å². The summed E-state index contributed by atoms with van der Waals surface area (Å²) in [6.45, 7) is 1.45. The second kappa shape index (κ2) is 7.47. The van der Waals surface area contributed by atoms with Gasteiger partial charge in [-0.25, -0.2) is 0 Å². The minimum atomic E-state index is 0.159. The highest BCUT2D eigenvalue weighted by Crippen LogP contribution is 2.33. The van der Waals surface area contributed by atoms with Gasteiger partial charge in [0.05, 0.1) is 6.04 Å². The van der Waals surface area contributed by atoms with Crippen molar-refractivity contribution in [2.45, 2.75) is 44.6 Å². The molecule has 23 heavy (non-hydrogen) atoms. The molecule has 1 saturated heterocycles. The summed E-state index contributed by atoms with van der Waals surface area (Å²) in [6.07, 6.45) is 5.37. The van der Waals surface area contributed by atoms with Crippen molar-refractivity contribution in [1.82, 2.24) is 10.2 Å². The second-order valence-electron chi connectivity index (χ2n) is 6.47. The third-order valence-electron chi connectivity index (χ3n) is 4.64. The normalized spacial score (nSPS) is 20.6. The van der Waals surface area contributed by atoms with Crippen LogP contribution in [0.4, 0.5) is 0 Å². The van der Waals surface area contributed by atoms with Crippen LogP contribution in [0.15, 0.2) is 28.7 Å². The van der Waals surface area contributed by atoms with E-state index < -0.39 is 0 Å². The molecule has 1 aromatic carbocycles. The van der Waals surface area contributed by atoms with Gasteiger partial charge in [0.25, 0.3) is 0 Å². The number of nitrogens with one attached hydrogen (secondary N) is 1. The number of benzene rings is 1. The van der Waals surface area contributed by atoms with Crippen LogP contribution in [0.25, 0.3) is 0 Å². The van der Waals surface area contributed by atoms with E-state index in [0.717, 1.165) is 43.1 Å². The number of hydrogen-bond acceptors (Lipinski definition) is 2. The maximum atomic E-state index is 12.5. The second-order valence-corrected chi connectivity index (χ2v) is 7.38. The Balaban J connectivity index is 1.47. The first kappa shape index (κ1) is 16.5. The van der Waals surface area contributed by atoms with Gasteiger partial charge in [0.15, 0.2) is 0 Å². The third-order valence-corrected chi connectivity index (χ3v) is 5.17. The molecule has 4 nitrogen and oxygen atoms in total. The van der Waals surface area contributed by atoms with Crippen molar-refractivity contribution in [1.29, 1.82) is 0 Å². The van der Waals surface area contributed by atoms with E-state index in [1.165, 1.54) is 5.56 Å². The first-order valence-electron chi connectivity index (χ1n) is 8.48. The maximum Gasteiger partial charge on any atom is 0.223 e. The van der Waals surface area contributed by atoms with Crippen molar-refractivity contribution >= 4 is 27.7 Å². The molecule has 0 radical (unpaired) electrons. The fraction of sp³-hybridized carbons (Fsp3) is 0.556. The van der Waals surface area contributed by atoms with Crippen molar-refractivity contribution in [2.24, 2.45) is 5.92 Å². The van der Waals surface area contributed by atoms with Gasteiger partial charge in [0, 0.05) is 29.9 Å². The van der Waals surface area contributed by atoms with E-state index >= 15 is 0 Å². The van der Waals surface area contributed by atoms with Gasteiger partial charge in [0.1, 0.15) is 0 Å². The van der Waals surface area contributed by atoms with Crippen LogP contribution in [-0.4, -0.2) is 29.8 Å². The third kappa shape index (κ3) is 4.34. The number of carbonyl (C=O) groups is 2. The molecular formula is C18H23BrN2O2. The summed E-state index contributed by atoms with van der Waals surface area (Å²) in [5, 5.41) is 2.92. The predicted octanol–water partition coefficient (Wildman–Crippen LogP) is 3.42. The molecule has 1 aliphatic carbocycles. The Morgan fingerprint density at radius 2 is 1.91 bits per heavy atom. The highest BCUT2D eigenvalue weighted by Gasteiger charge is 2.30. The molecule has 3 rings (SSSR count). The monoisotopic (exact) mass is 378 g/mol. The number of hydrogen-bond donors (Lipinski definition) is 1. The molecule has 1 N–H and O–H groups in total. The zero-order valence-electron chi connectivity index (χ0n) is 13.3. The van der Waals surface area contributed by atoms with Crippen LogP contribution in [0.5, 0.6) is 0 Å². The van der Waals surface area contributed by atoms with Crippen molar-refractivity contribution in [2.75, 3.05) is 13.1 Å². The average molecular weight is 379 g/mol. The highest BCUT2D eigenvalue weighted by molar-refractivity contribution is 9.10. The molecule has 1 heterocycles. The van der Waals surface area contributed by atoms with Gasteiger partial charge >= 0.3 is 0 Å². The molecular weight excluding hydrogens is 356 g/mol. The van der Waals surface area contributed by atoms with Crippen LogP contribution >= 0.6 is 15.9 Å². The molecule has 5 heteroatoms. The highest BCUT2D eigenvalue weighted by atomic mass is 79.9. The van der Waals surface area contributed by atoms with Crippen LogP contribution in [0.2, 0.25) is 0 Å². The summed E-state index contributed by atoms with van der Waals surface area (Å²) in [7, 11) is 0. The summed E-state index contributed by atoms with van der Waals surface area (Å²) in [4.78, 5) is 26.1. The fourth-order valence-corrected chi connectivity index (χ4v) is 3.45. The Morgan fingerprint density at radius 3 is 2.61 bits per heavy atom. The minimum absolute atomic E-state index is 0.159. The molecule has 2 amide bonds.